The van der Waals surface area contributed by atoms with Gasteiger partial charge in [0.2, 0.25) is 0 Å². The second-order valence-corrected chi connectivity index (χ2v) is 3.55. The van der Waals surface area contributed by atoms with Crippen molar-refractivity contribution in [2.45, 2.75) is 13.0 Å². The van der Waals surface area contributed by atoms with Gasteiger partial charge < -0.3 is 10.2 Å². The topological polar surface area (TPSA) is 86.6 Å². The van der Waals surface area contributed by atoms with Gasteiger partial charge in [-0.05, 0) is 24.1 Å². The van der Waals surface area contributed by atoms with Crippen molar-refractivity contribution in [2.24, 2.45) is 0 Å². The molecule has 1 rings (SSSR count). The molecule has 1 aromatic rings. The van der Waals surface area contributed by atoms with Crippen molar-refractivity contribution in [3.8, 4) is 0 Å². The Balaban J connectivity index is 2.93. The fourth-order valence-electron chi connectivity index (χ4n) is 1.38. The van der Waals surface area contributed by atoms with Crippen LogP contribution in [0.15, 0.2) is 18.2 Å². The Kier molecular flexibility index (Phi) is 4.17. The highest BCUT2D eigenvalue weighted by molar-refractivity contribution is 5.77. The van der Waals surface area contributed by atoms with E-state index in [2.05, 4.69) is 5.32 Å². The summed E-state index contributed by atoms with van der Waals surface area (Å²) in [5.41, 5.74) is 0.628. The van der Waals surface area contributed by atoms with Gasteiger partial charge in [-0.3, -0.25) is 14.9 Å². The standard InChI is InChI=1S/C11H12FNO4/c1-6-4-7(2-3-8(6)12)10(11(16)17)13-5-9(14)15/h2-4,10,13H,5H2,1H3,(H,14,15)(H,16,17). The lowest BCUT2D eigenvalue weighted by atomic mass is 10.0. The molecule has 0 aliphatic carbocycles. The second kappa shape index (κ2) is 5.40. The zero-order valence-corrected chi connectivity index (χ0v) is 9.11. The van der Waals surface area contributed by atoms with E-state index in [1.54, 1.807) is 0 Å². The van der Waals surface area contributed by atoms with Crippen LogP contribution in [0.4, 0.5) is 4.39 Å². The summed E-state index contributed by atoms with van der Waals surface area (Å²) in [5.74, 6) is -2.80. The summed E-state index contributed by atoms with van der Waals surface area (Å²) in [7, 11) is 0. The quantitative estimate of drug-likeness (QED) is 0.714. The first-order valence-electron chi connectivity index (χ1n) is 4.86. The van der Waals surface area contributed by atoms with Crippen molar-refractivity contribution in [3.63, 3.8) is 0 Å². The number of hydrogen-bond acceptors (Lipinski definition) is 3. The Bertz CT molecular complexity index is 447. The van der Waals surface area contributed by atoms with Crippen molar-refractivity contribution in [1.82, 2.24) is 5.32 Å². The molecule has 0 saturated heterocycles. The van der Waals surface area contributed by atoms with Crippen molar-refractivity contribution in [3.05, 3.63) is 35.1 Å². The molecule has 0 heterocycles. The molecule has 0 saturated carbocycles. The van der Waals surface area contributed by atoms with Crippen molar-refractivity contribution in [2.75, 3.05) is 6.54 Å². The first-order chi connectivity index (χ1) is 7.91. The maximum atomic E-state index is 13.0. The Morgan fingerprint density at radius 3 is 2.53 bits per heavy atom. The Hall–Kier alpha value is -1.95. The van der Waals surface area contributed by atoms with Crippen LogP contribution in [0.1, 0.15) is 17.2 Å². The summed E-state index contributed by atoms with van der Waals surface area (Å²) in [6, 6.07) is 2.69. The highest BCUT2D eigenvalue weighted by Gasteiger charge is 2.20. The molecule has 17 heavy (non-hydrogen) atoms. The number of aryl methyl sites for hydroxylation is 1. The average Bonchev–Trinajstić information content (AvgIpc) is 2.22. The zero-order valence-electron chi connectivity index (χ0n) is 9.11. The molecule has 0 aliphatic heterocycles. The Morgan fingerprint density at radius 2 is 2.06 bits per heavy atom. The van der Waals surface area contributed by atoms with Gasteiger partial charge in [-0.25, -0.2) is 4.39 Å². The first kappa shape index (κ1) is 13.1. The van der Waals surface area contributed by atoms with Gasteiger partial charge in [0.1, 0.15) is 11.9 Å². The number of hydrogen-bond donors (Lipinski definition) is 3. The molecule has 1 aromatic carbocycles. The highest BCUT2D eigenvalue weighted by Crippen LogP contribution is 2.17. The van der Waals surface area contributed by atoms with Gasteiger partial charge in [-0.15, -0.1) is 0 Å². The van der Waals surface area contributed by atoms with Gasteiger partial charge >= 0.3 is 11.9 Å². The fraction of sp³-hybridized carbons (Fsp3) is 0.273. The molecule has 0 radical (unpaired) electrons. The van der Waals surface area contributed by atoms with Crippen LogP contribution in [0.3, 0.4) is 0 Å². The lowest BCUT2D eigenvalue weighted by Gasteiger charge is -2.14. The molecule has 0 amide bonds. The van der Waals surface area contributed by atoms with E-state index in [0.717, 1.165) is 6.07 Å². The van der Waals surface area contributed by atoms with Gasteiger partial charge in [-0.2, -0.15) is 0 Å². The maximum Gasteiger partial charge on any atom is 0.325 e. The summed E-state index contributed by atoms with van der Waals surface area (Å²) in [4.78, 5) is 21.3. The molecular weight excluding hydrogens is 229 g/mol. The minimum absolute atomic E-state index is 0.311. The molecule has 92 valence electrons. The SMILES string of the molecule is Cc1cc(C(NCC(=O)O)C(=O)O)ccc1F. The fourth-order valence-corrected chi connectivity index (χ4v) is 1.38. The van der Waals surface area contributed by atoms with Crippen LogP contribution in [0.5, 0.6) is 0 Å². The maximum absolute atomic E-state index is 13.0. The third-order valence-corrected chi connectivity index (χ3v) is 2.22. The summed E-state index contributed by atoms with van der Waals surface area (Å²) in [5, 5.41) is 19.8. The zero-order chi connectivity index (χ0) is 13.0. The lowest BCUT2D eigenvalue weighted by molar-refractivity contribution is -0.140. The van der Waals surface area contributed by atoms with Crippen molar-refractivity contribution >= 4 is 11.9 Å². The smallest absolute Gasteiger partial charge is 0.325 e. The van der Waals surface area contributed by atoms with Crippen molar-refractivity contribution < 1.29 is 24.2 Å². The number of nitrogens with one attached hydrogen (secondary N) is 1. The second-order valence-electron chi connectivity index (χ2n) is 3.55. The predicted octanol–water partition coefficient (Wildman–Crippen LogP) is 0.934. The van der Waals surface area contributed by atoms with Crippen LogP contribution < -0.4 is 5.32 Å². The normalized spacial score (nSPS) is 12.1. The van der Waals surface area contributed by atoms with Crippen molar-refractivity contribution in [1.29, 1.82) is 0 Å². The molecule has 1 unspecified atom stereocenters. The molecule has 0 aliphatic rings. The lowest BCUT2D eigenvalue weighted by Crippen LogP contribution is -2.32. The van der Waals surface area contributed by atoms with E-state index in [-0.39, 0.29) is 0 Å². The molecule has 3 N–H and O–H groups in total. The van der Waals surface area contributed by atoms with Crippen LogP contribution in [0.2, 0.25) is 0 Å². The van der Waals surface area contributed by atoms with Gasteiger partial charge in [-0.1, -0.05) is 12.1 Å². The number of benzene rings is 1. The van der Waals surface area contributed by atoms with E-state index in [0.29, 0.717) is 11.1 Å². The minimum Gasteiger partial charge on any atom is -0.480 e. The van der Waals surface area contributed by atoms with E-state index in [4.69, 9.17) is 10.2 Å². The number of aliphatic carboxylic acids is 2. The van der Waals surface area contributed by atoms with Gasteiger partial charge in [0.05, 0.1) is 6.54 Å². The molecule has 0 bridgehead atoms. The largest absolute Gasteiger partial charge is 0.480 e. The van der Waals surface area contributed by atoms with Crippen LogP contribution >= 0.6 is 0 Å². The Morgan fingerprint density at radius 1 is 1.41 bits per heavy atom. The van der Waals surface area contributed by atoms with Crippen LogP contribution in [0, 0.1) is 12.7 Å². The number of carbonyl (C=O) groups is 2. The summed E-state index contributed by atoms with van der Waals surface area (Å²) >= 11 is 0. The summed E-state index contributed by atoms with van der Waals surface area (Å²) in [6.07, 6.45) is 0. The van der Waals surface area contributed by atoms with Gasteiger partial charge in [0.25, 0.3) is 0 Å². The number of carboxylic acids is 2. The van der Waals surface area contributed by atoms with E-state index in [1.807, 2.05) is 0 Å². The van der Waals surface area contributed by atoms with Crippen LogP contribution in [-0.2, 0) is 9.59 Å². The first-order valence-corrected chi connectivity index (χ1v) is 4.86. The van der Waals surface area contributed by atoms with E-state index < -0.39 is 30.3 Å². The molecule has 0 fully saturated rings. The molecule has 6 heteroatoms. The average molecular weight is 241 g/mol. The summed E-state index contributed by atoms with van der Waals surface area (Å²) < 4.78 is 13.0. The number of halogens is 1. The number of carboxylic acid groups (broad SMARTS) is 2. The summed E-state index contributed by atoms with van der Waals surface area (Å²) in [6.45, 7) is 1.03. The predicted molar refractivity (Wildman–Crippen MR) is 57.2 cm³/mol. The molecule has 0 spiro atoms. The van der Waals surface area contributed by atoms with Crippen LogP contribution in [0.25, 0.3) is 0 Å². The Labute approximate surface area is 96.9 Å². The van der Waals surface area contributed by atoms with E-state index >= 15 is 0 Å². The van der Waals surface area contributed by atoms with Crippen LogP contribution in [-0.4, -0.2) is 28.7 Å². The van der Waals surface area contributed by atoms with Gasteiger partial charge in [0, 0.05) is 0 Å². The molecular formula is C11H12FNO4. The molecule has 1 atom stereocenters. The minimum atomic E-state index is -1.21. The monoisotopic (exact) mass is 241 g/mol. The number of rotatable bonds is 5. The molecule has 5 nitrogen and oxygen atoms in total. The third-order valence-electron chi connectivity index (χ3n) is 2.22. The van der Waals surface area contributed by atoms with E-state index in [1.165, 1.54) is 19.1 Å². The molecule has 0 aromatic heterocycles. The third kappa shape index (κ3) is 3.53. The van der Waals surface area contributed by atoms with Gasteiger partial charge in [0.15, 0.2) is 0 Å². The van der Waals surface area contributed by atoms with E-state index in [9.17, 15) is 14.0 Å². The highest BCUT2D eigenvalue weighted by atomic mass is 19.1.